The molecule has 0 bridgehead atoms. The Morgan fingerprint density at radius 1 is 1.10 bits per heavy atom. The number of rotatable bonds is 4. The minimum absolute atomic E-state index is 0.0637. The zero-order valence-electron chi connectivity index (χ0n) is 11.7. The average Bonchev–Trinajstić information content (AvgIpc) is 2.56. The van der Waals surface area contributed by atoms with Crippen LogP contribution in [0.1, 0.15) is 11.7 Å². The molecule has 21 heavy (non-hydrogen) atoms. The van der Waals surface area contributed by atoms with Gasteiger partial charge in [-0.05, 0) is 29.8 Å². The Morgan fingerprint density at radius 3 is 2.52 bits per heavy atom. The molecule has 1 aliphatic rings. The molecule has 0 amide bonds. The second kappa shape index (κ2) is 6.70. The van der Waals surface area contributed by atoms with Gasteiger partial charge >= 0.3 is 0 Å². The Morgan fingerprint density at radius 2 is 1.86 bits per heavy atom. The molecule has 110 valence electrons. The maximum Gasteiger partial charge on any atom is 0.151 e. The van der Waals surface area contributed by atoms with Gasteiger partial charge in [0.05, 0.1) is 6.61 Å². The van der Waals surface area contributed by atoms with E-state index >= 15 is 0 Å². The molecule has 1 aliphatic heterocycles. The molecule has 1 heterocycles. The fraction of sp³-hybridized carbons (Fsp3) is 0.294. The summed E-state index contributed by atoms with van der Waals surface area (Å²) in [7, 11) is 0. The molecule has 2 aromatic carbocycles. The second-order valence-electron chi connectivity index (χ2n) is 5.02. The standard InChI is InChI=1S/C17H18FNO2/c18-14-6-8-15(9-7-14)21-17(13-4-2-1-3-5-13)16-12-19-10-11-20-16/h1-9,16-17,19H,10-12H2/t16?,17-/m0/s1. The molecule has 1 fully saturated rings. The fourth-order valence-electron chi connectivity index (χ4n) is 2.44. The topological polar surface area (TPSA) is 30.5 Å². The molecule has 3 nitrogen and oxygen atoms in total. The van der Waals surface area contributed by atoms with Crippen LogP contribution in [-0.4, -0.2) is 25.8 Å². The Labute approximate surface area is 123 Å². The molecule has 1 saturated heterocycles. The van der Waals surface area contributed by atoms with E-state index in [1.165, 1.54) is 12.1 Å². The average molecular weight is 287 g/mol. The van der Waals surface area contributed by atoms with Crippen molar-refractivity contribution in [2.45, 2.75) is 12.2 Å². The van der Waals surface area contributed by atoms with Crippen molar-refractivity contribution in [1.29, 1.82) is 0 Å². The maximum atomic E-state index is 13.0. The highest BCUT2D eigenvalue weighted by atomic mass is 19.1. The molecule has 2 atom stereocenters. The highest BCUT2D eigenvalue weighted by Crippen LogP contribution is 2.27. The van der Waals surface area contributed by atoms with Gasteiger partial charge in [-0.2, -0.15) is 0 Å². The van der Waals surface area contributed by atoms with E-state index in [1.807, 2.05) is 30.3 Å². The zero-order chi connectivity index (χ0) is 14.5. The van der Waals surface area contributed by atoms with Crippen LogP contribution in [0.4, 0.5) is 4.39 Å². The van der Waals surface area contributed by atoms with Gasteiger partial charge in [0, 0.05) is 13.1 Å². The number of hydrogen-bond donors (Lipinski definition) is 1. The molecule has 0 radical (unpaired) electrons. The van der Waals surface area contributed by atoms with Gasteiger partial charge in [-0.15, -0.1) is 0 Å². The van der Waals surface area contributed by atoms with Crippen LogP contribution < -0.4 is 10.1 Å². The van der Waals surface area contributed by atoms with Gasteiger partial charge in [0.2, 0.25) is 0 Å². The first-order valence-corrected chi connectivity index (χ1v) is 7.12. The van der Waals surface area contributed by atoms with Crippen molar-refractivity contribution in [2.24, 2.45) is 0 Å². The van der Waals surface area contributed by atoms with Crippen molar-refractivity contribution >= 4 is 0 Å². The number of benzene rings is 2. The second-order valence-corrected chi connectivity index (χ2v) is 5.02. The van der Waals surface area contributed by atoms with Crippen molar-refractivity contribution in [3.63, 3.8) is 0 Å². The van der Waals surface area contributed by atoms with Gasteiger partial charge in [-0.25, -0.2) is 4.39 Å². The van der Waals surface area contributed by atoms with Crippen molar-refractivity contribution < 1.29 is 13.9 Å². The van der Waals surface area contributed by atoms with Crippen LogP contribution >= 0.6 is 0 Å². The van der Waals surface area contributed by atoms with Gasteiger partial charge in [0.15, 0.2) is 6.10 Å². The van der Waals surface area contributed by atoms with Gasteiger partial charge in [0.1, 0.15) is 17.7 Å². The molecule has 2 aromatic rings. The lowest BCUT2D eigenvalue weighted by Crippen LogP contribution is -2.43. The molecule has 0 aromatic heterocycles. The van der Waals surface area contributed by atoms with Crippen LogP contribution in [0.25, 0.3) is 0 Å². The highest BCUT2D eigenvalue weighted by Gasteiger charge is 2.27. The summed E-state index contributed by atoms with van der Waals surface area (Å²) in [5.41, 5.74) is 1.05. The summed E-state index contributed by atoms with van der Waals surface area (Å²) in [4.78, 5) is 0. The van der Waals surface area contributed by atoms with E-state index in [0.717, 1.165) is 18.7 Å². The monoisotopic (exact) mass is 287 g/mol. The van der Waals surface area contributed by atoms with Crippen LogP contribution in [-0.2, 0) is 4.74 Å². The molecular formula is C17H18FNO2. The minimum atomic E-state index is -0.269. The lowest BCUT2D eigenvalue weighted by atomic mass is 10.0. The molecule has 1 N–H and O–H groups in total. The van der Waals surface area contributed by atoms with Crippen LogP contribution in [0.15, 0.2) is 54.6 Å². The van der Waals surface area contributed by atoms with Crippen molar-refractivity contribution in [3.05, 3.63) is 66.0 Å². The van der Waals surface area contributed by atoms with Gasteiger partial charge in [0.25, 0.3) is 0 Å². The summed E-state index contributed by atoms with van der Waals surface area (Å²) in [6.07, 6.45) is -0.282. The predicted octanol–water partition coefficient (Wildman–Crippen LogP) is 2.93. The van der Waals surface area contributed by atoms with E-state index < -0.39 is 0 Å². The largest absolute Gasteiger partial charge is 0.483 e. The number of hydrogen-bond acceptors (Lipinski definition) is 3. The van der Waals surface area contributed by atoms with E-state index in [4.69, 9.17) is 9.47 Å². The van der Waals surface area contributed by atoms with Crippen molar-refractivity contribution in [1.82, 2.24) is 5.32 Å². The van der Waals surface area contributed by atoms with Crippen molar-refractivity contribution in [3.8, 4) is 5.75 Å². The minimum Gasteiger partial charge on any atom is -0.483 e. The summed E-state index contributed by atoms with van der Waals surface area (Å²) < 4.78 is 24.9. The number of halogens is 1. The van der Waals surface area contributed by atoms with Gasteiger partial charge in [-0.3, -0.25) is 0 Å². The van der Waals surface area contributed by atoms with Crippen LogP contribution in [0.5, 0.6) is 5.75 Å². The molecule has 0 aliphatic carbocycles. The Bertz CT molecular complexity index is 553. The van der Waals surface area contributed by atoms with E-state index in [-0.39, 0.29) is 18.0 Å². The van der Waals surface area contributed by atoms with Crippen LogP contribution in [0.3, 0.4) is 0 Å². The quantitative estimate of drug-likeness (QED) is 0.938. The molecule has 0 saturated carbocycles. The molecule has 1 unspecified atom stereocenters. The Kier molecular flexibility index (Phi) is 4.48. The zero-order valence-corrected chi connectivity index (χ0v) is 11.7. The van der Waals surface area contributed by atoms with E-state index in [9.17, 15) is 4.39 Å². The fourth-order valence-corrected chi connectivity index (χ4v) is 2.44. The molecular weight excluding hydrogens is 269 g/mol. The van der Waals surface area contributed by atoms with Gasteiger partial charge in [-0.1, -0.05) is 30.3 Å². The number of ether oxygens (including phenoxy) is 2. The summed E-state index contributed by atoms with van der Waals surface area (Å²) >= 11 is 0. The third kappa shape index (κ3) is 3.60. The molecule has 4 heteroatoms. The molecule has 3 rings (SSSR count). The first kappa shape index (κ1) is 14.0. The first-order chi connectivity index (χ1) is 10.3. The van der Waals surface area contributed by atoms with E-state index in [1.54, 1.807) is 12.1 Å². The number of morpholine rings is 1. The van der Waals surface area contributed by atoms with Crippen molar-refractivity contribution in [2.75, 3.05) is 19.7 Å². The number of nitrogens with one attached hydrogen (secondary N) is 1. The predicted molar refractivity (Wildman–Crippen MR) is 78.8 cm³/mol. The summed E-state index contributed by atoms with van der Waals surface area (Å²) in [6.45, 7) is 2.26. The highest BCUT2D eigenvalue weighted by molar-refractivity contribution is 5.26. The first-order valence-electron chi connectivity index (χ1n) is 7.12. The molecule has 0 spiro atoms. The lowest BCUT2D eigenvalue weighted by Gasteiger charge is -2.31. The maximum absolute atomic E-state index is 13.0. The summed E-state index contributed by atoms with van der Waals surface area (Å²) in [5, 5.41) is 3.31. The SMILES string of the molecule is Fc1ccc(O[C@@H](c2ccccc2)C2CNCCO2)cc1. The summed E-state index contributed by atoms with van der Waals surface area (Å²) in [5.74, 6) is 0.369. The van der Waals surface area contributed by atoms with E-state index in [2.05, 4.69) is 5.32 Å². The summed E-state index contributed by atoms with van der Waals surface area (Å²) in [6, 6.07) is 16.0. The Hall–Kier alpha value is -1.91. The van der Waals surface area contributed by atoms with Crippen LogP contribution in [0.2, 0.25) is 0 Å². The lowest BCUT2D eigenvalue weighted by molar-refractivity contribution is -0.0432. The smallest absolute Gasteiger partial charge is 0.151 e. The Balaban J connectivity index is 1.83. The van der Waals surface area contributed by atoms with Gasteiger partial charge < -0.3 is 14.8 Å². The third-order valence-electron chi connectivity index (χ3n) is 3.50. The van der Waals surface area contributed by atoms with E-state index in [0.29, 0.717) is 12.4 Å². The van der Waals surface area contributed by atoms with Crippen LogP contribution in [0, 0.1) is 5.82 Å². The third-order valence-corrected chi connectivity index (χ3v) is 3.50. The normalized spacial score (nSPS) is 20.0.